The number of carbonyl (C=O) groups excluding carboxylic acids is 1. The van der Waals surface area contributed by atoms with Gasteiger partial charge in [0.15, 0.2) is 0 Å². The number of amides is 1. The van der Waals surface area contributed by atoms with Crippen molar-refractivity contribution in [3.05, 3.63) is 89.0 Å². The van der Waals surface area contributed by atoms with Gasteiger partial charge in [-0.1, -0.05) is 12.1 Å². The van der Waals surface area contributed by atoms with E-state index in [2.05, 4.69) is 0 Å². The summed E-state index contributed by atoms with van der Waals surface area (Å²) in [4.78, 5) is 14.8. The summed E-state index contributed by atoms with van der Waals surface area (Å²) in [5.74, 6) is -1.29. The first-order valence-electron chi connectivity index (χ1n) is 9.26. The van der Waals surface area contributed by atoms with Crippen LogP contribution in [0.3, 0.4) is 0 Å². The van der Waals surface area contributed by atoms with Gasteiger partial charge in [-0.2, -0.15) is 13.2 Å². The van der Waals surface area contributed by atoms with Crippen molar-refractivity contribution in [3.8, 4) is 5.75 Å². The standard InChI is InChI=1S/C22H18F4N2O2/c1-30-19-9-6-15(13-17(19)22(24,25)26)21(29)28-12-11-27-10-2-3-18(27)20(28)14-4-7-16(23)8-5-14/h2-10,13,20H,11-12H2,1H3/t20-/m1/s1. The lowest BCUT2D eigenvalue weighted by atomic mass is 9.98. The minimum Gasteiger partial charge on any atom is -0.496 e. The minimum atomic E-state index is -4.66. The van der Waals surface area contributed by atoms with E-state index in [1.807, 2.05) is 22.9 Å². The highest BCUT2D eigenvalue weighted by Gasteiger charge is 2.37. The van der Waals surface area contributed by atoms with Gasteiger partial charge >= 0.3 is 6.18 Å². The number of fused-ring (bicyclic) bond motifs is 1. The molecule has 0 bridgehead atoms. The average Bonchev–Trinajstić information content (AvgIpc) is 3.21. The first kappa shape index (κ1) is 20.0. The number of hydrogen-bond donors (Lipinski definition) is 0. The average molecular weight is 418 g/mol. The summed E-state index contributed by atoms with van der Waals surface area (Å²) < 4.78 is 60.5. The van der Waals surface area contributed by atoms with Crippen LogP contribution >= 0.6 is 0 Å². The number of alkyl halides is 3. The summed E-state index contributed by atoms with van der Waals surface area (Å²) in [5, 5.41) is 0. The molecule has 0 spiro atoms. The Morgan fingerprint density at radius 1 is 1.07 bits per heavy atom. The molecule has 1 aliphatic heterocycles. The zero-order valence-corrected chi connectivity index (χ0v) is 16.0. The second-order valence-electron chi connectivity index (χ2n) is 6.99. The maximum atomic E-state index is 13.4. The molecular formula is C22H18F4N2O2. The molecule has 0 fully saturated rings. The summed E-state index contributed by atoms with van der Waals surface area (Å²) in [6, 6.07) is 12.2. The molecule has 0 radical (unpaired) electrons. The van der Waals surface area contributed by atoms with Crippen molar-refractivity contribution in [2.75, 3.05) is 13.7 Å². The molecule has 1 amide bonds. The van der Waals surface area contributed by atoms with Crippen molar-refractivity contribution in [1.29, 1.82) is 0 Å². The maximum absolute atomic E-state index is 13.4. The predicted molar refractivity (Wildman–Crippen MR) is 102 cm³/mol. The second-order valence-corrected chi connectivity index (χ2v) is 6.99. The van der Waals surface area contributed by atoms with Crippen molar-refractivity contribution in [2.45, 2.75) is 18.8 Å². The Kier molecular flexibility index (Phi) is 5.01. The van der Waals surface area contributed by atoms with Crippen molar-refractivity contribution in [2.24, 2.45) is 0 Å². The van der Waals surface area contributed by atoms with Crippen molar-refractivity contribution in [3.63, 3.8) is 0 Å². The number of nitrogens with zero attached hydrogens (tertiary/aromatic N) is 2. The van der Waals surface area contributed by atoms with Crippen LogP contribution in [0.25, 0.3) is 0 Å². The SMILES string of the molecule is COc1ccc(C(=O)N2CCn3cccc3[C@H]2c2ccc(F)cc2)cc1C(F)(F)F. The number of benzene rings is 2. The fourth-order valence-electron chi connectivity index (χ4n) is 3.83. The van der Waals surface area contributed by atoms with Crippen LogP contribution in [-0.2, 0) is 12.7 Å². The number of ether oxygens (including phenoxy) is 1. The molecule has 1 atom stereocenters. The Hall–Kier alpha value is -3.29. The smallest absolute Gasteiger partial charge is 0.419 e. The van der Waals surface area contributed by atoms with Gasteiger partial charge in [-0.15, -0.1) is 0 Å². The zero-order valence-electron chi connectivity index (χ0n) is 16.0. The Labute approximate surface area is 170 Å². The molecule has 3 aromatic rings. The van der Waals surface area contributed by atoms with Crippen LogP contribution in [0, 0.1) is 5.82 Å². The molecule has 0 N–H and O–H groups in total. The summed E-state index contributed by atoms with van der Waals surface area (Å²) >= 11 is 0. The number of carbonyl (C=O) groups is 1. The minimum absolute atomic E-state index is 0.0877. The summed E-state index contributed by atoms with van der Waals surface area (Å²) in [6.07, 6.45) is -2.78. The van der Waals surface area contributed by atoms with Crippen LogP contribution < -0.4 is 4.74 Å². The van der Waals surface area contributed by atoms with Crippen LogP contribution in [0.15, 0.2) is 60.8 Å². The van der Waals surface area contributed by atoms with Gasteiger partial charge in [0.1, 0.15) is 11.6 Å². The monoisotopic (exact) mass is 418 g/mol. The Bertz CT molecular complexity index is 1070. The largest absolute Gasteiger partial charge is 0.496 e. The third-order valence-corrected chi connectivity index (χ3v) is 5.24. The lowest BCUT2D eigenvalue weighted by molar-refractivity contribution is -0.138. The van der Waals surface area contributed by atoms with Gasteiger partial charge in [0.2, 0.25) is 0 Å². The van der Waals surface area contributed by atoms with Gasteiger partial charge in [0.05, 0.1) is 18.7 Å². The molecule has 1 aromatic heterocycles. The zero-order chi connectivity index (χ0) is 21.5. The second kappa shape index (κ2) is 7.51. The normalized spacial score (nSPS) is 16.3. The highest BCUT2D eigenvalue weighted by atomic mass is 19.4. The van der Waals surface area contributed by atoms with Crippen LogP contribution in [-0.4, -0.2) is 29.0 Å². The van der Waals surface area contributed by atoms with E-state index in [9.17, 15) is 22.4 Å². The van der Waals surface area contributed by atoms with Crippen molar-refractivity contribution in [1.82, 2.24) is 9.47 Å². The number of methoxy groups -OCH3 is 1. The van der Waals surface area contributed by atoms with E-state index in [0.29, 0.717) is 18.7 Å². The van der Waals surface area contributed by atoms with Gasteiger partial charge in [-0.05, 0) is 48.0 Å². The molecule has 0 saturated carbocycles. The summed E-state index contributed by atoms with van der Waals surface area (Å²) in [5.41, 5.74) is 0.393. The predicted octanol–water partition coefficient (Wildman–Crippen LogP) is 4.90. The van der Waals surface area contributed by atoms with E-state index in [0.717, 1.165) is 24.9 Å². The van der Waals surface area contributed by atoms with E-state index >= 15 is 0 Å². The number of aromatic nitrogens is 1. The van der Waals surface area contributed by atoms with E-state index in [1.54, 1.807) is 12.1 Å². The third-order valence-electron chi connectivity index (χ3n) is 5.24. The van der Waals surface area contributed by atoms with E-state index < -0.39 is 29.5 Å². The Morgan fingerprint density at radius 2 is 1.80 bits per heavy atom. The van der Waals surface area contributed by atoms with E-state index in [-0.39, 0.29) is 11.3 Å². The van der Waals surface area contributed by atoms with Crippen molar-refractivity contribution < 1.29 is 27.1 Å². The number of rotatable bonds is 3. The molecule has 2 aromatic carbocycles. The van der Waals surface area contributed by atoms with Crippen LogP contribution in [0.5, 0.6) is 5.75 Å². The Balaban J connectivity index is 1.77. The van der Waals surface area contributed by atoms with Gasteiger partial charge in [-0.3, -0.25) is 4.79 Å². The number of halogens is 4. The van der Waals surface area contributed by atoms with Crippen LogP contribution in [0.1, 0.15) is 33.2 Å². The highest BCUT2D eigenvalue weighted by molar-refractivity contribution is 5.95. The third kappa shape index (κ3) is 3.53. The molecule has 0 saturated heterocycles. The summed E-state index contributed by atoms with van der Waals surface area (Å²) in [6.45, 7) is 0.810. The van der Waals surface area contributed by atoms with Gasteiger partial charge in [0.25, 0.3) is 5.91 Å². The molecule has 4 nitrogen and oxygen atoms in total. The number of hydrogen-bond acceptors (Lipinski definition) is 2. The van der Waals surface area contributed by atoms with Gasteiger partial charge in [-0.25, -0.2) is 4.39 Å². The lowest BCUT2D eigenvalue weighted by Gasteiger charge is -2.37. The quantitative estimate of drug-likeness (QED) is 0.567. The molecule has 156 valence electrons. The highest BCUT2D eigenvalue weighted by Crippen LogP contribution is 2.38. The topological polar surface area (TPSA) is 34.5 Å². The van der Waals surface area contributed by atoms with Crippen LogP contribution in [0.2, 0.25) is 0 Å². The first-order chi connectivity index (χ1) is 14.3. The molecule has 8 heteroatoms. The van der Waals surface area contributed by atoms with Gasteiger partial charge < -0.3 is 14.2 Å². The van der Waals surface area contributed by atoms with Crippen LogP contribution in [0.4, 0.5) is 17.6 Å². The molecule has 2 heterocycles. The molecule has 0 aliphatic carbocycles. The first-order valence-corrected chi connectivity index (χ1v) is 9.26. The molecule has 30 heavy (non-hydrogen) atoms. The van der Waals surface area contributed by atoms with E-state index in [4.69, 9.17) is 4.74 Å². The fraction of sp³-hybridized carbons (Fsp3) is 0.227. The van der Waals surface area contributed by atoms with E-state index in [1.165, 1.54) is 23.1 Å². The van der Waals surface area contributed by atoms with Gasteiger partial charge in [0, 0.05) is 30.5 Å². The summed E-state index contributed by atoms with van der Waals surface area (Å²) in [7, 11) is 1.15. The lowest BCUT2D eigenvalue weighted by Crippen LogP contribution is -2.42. The molecule has 1 aliphatic rings. The maximum Gasteiger partial charge on any atom is 0.419 e. The fourth-order valence-corrected chi connectivity index (χ4v) is 3.83. The molecule has 4 rings (SSSR count). The van der Waals surface area contributed by atoms with Crippen molar-refractivity contribution >= 4 is 5.91 Å². The molecule has 0 unspecified atom stereocenters. The Morgan fingerprint density at radius 3 is 2.47 bits per heavy atom. The molecular weight excluding hydrogens is 400 g/mol.